The third kappa shape index (κ3) is 3.99. The van der Waals surface area contributed by atoms with Gasteiger partial charge in [-0.1, -0.05) is 72.4 Å². The lowest BCUT2D eigenvalue weighted by atomic mass is 9.68. The van der Waals surface area contributed by atoms with Gasteiger partial charge < -0.3 is 46.0 Å². The smallest absolute Gasteiger partial charge is 0.204 e. The zero-order chi connectivity index (χ0) is 35.3. The SMILES string of the molecule is C[B]c1c(Cl)c(-c2ccc(-c3ccc4ccc5cccnc5c4n3)cc2)c(O)c2c3c(O)c(O)c(O)c(O)c3c3c(O)c(O)c(O)c(O)c3c12. The molecular formula is C37H23BClN2O9. The molecule has 8 aromatic rings. The van der Waals surface area contributed by atoms with E-state index >= 15 is 0 Å². The average Bonchev–Trinajstić information content (AvgIpc) is 3.13. The van der Waals surface area contributed by atoms with Crippen molar-refractivity contribution in [3.8, 4) is 74.1 Å². The first kappa shape index (κ1) is 30.8. The Hall–Kier alpha value is -6.53. The van der Waals surface area contributed by atoms with E-state index in [1.54, 1.807) is 37.3 Å². The first-order valence-electron chi connectivity index (χ1n) is 15.1. The van der Waals surface area contributed by atoms with Gasteiger partial charge in [-0.2, -0.15) is 0 Å². The van der Waals surface area contributed by atoms with Gasteiger partial charge in [-0.3, -0.25) is 4.98 Å². The molecule has 0 saturated carbocycles. The van der Waals surface area contributed by atoms with Crippen LogP contribution in [0.5, 0.6) is 51.7 Å². The third-order valence-corrected chi connectivity index (χ3v) is 9.57. The maximum atomic E-state index is 12.0. The molecule has 0 fully saturated rings. The van der Waals surface area contributed by atoms with Crippen LogP contribution in [0.25, 0.3) is 76.5 Å². The molecule has 6 aromatic carbocycles. The van der Waals surface area contributed by atoms with E-state index in [1.165, 1.54) is 7.28 Å². The molecule has 245 valence electrons. The van der Waals surface area contributed by atoms with E-state index in [4.69, 9.17) is 16.6 Å². The number of nitrogens with zero attached hydrogens (tertiary/aromatic N) is 2. The Kier molecular flexibility index (Phi) is 6.61. The fourth-order valence-corrected chi connectivity index (χ4v) is 7.23. The summed E-state index contributed by atoms with van der Waals surface area (Å²) in [4.78, 5) is 9.40. The number of fused-ring (bicyclic) bond motifs is 9. The molecule has 0 unspecified atom stereocenters. The Morgan fingerprint density at radius 1 is 0.500 bits per heavy atom. The molecular weight excluding hydrogens is 663 g/mol. The number of phenols is 9. The monoisotopic (exact) mass is 685 g/mol. The fourth-order valence-electron chi connectivity index (χ4n) is 6.83. The first-order chi connectivity index (χ1) is 24.0. The number of phenolic OH excluding ortho intramolecular Hbond substituents is 9. The van der Waals surface area contributed by atoms with Crippen LogP contribution in [0.1, 0.15) is 0 Å². The van der Waals surface area contributed by atoms with Crippen molar-refractivity contribution in [1.82, 2.24) is 9.97 Å². The Morgan fingerprint density at radius 2 is 0.960 bits per heavy atom. The van der Waals surface area contributed by atoms with Gasteiger partial charge in [0.2, 0.25) is 23.0 Å². The highest BCUT2D eigenvalue weighted by atomic mass is 35.5. The van der Waals surface area contributed by atoms with Crippen LogP contribution in [-0.2, 0) is 0 Å². The highest BCUT2D eigenvalue weighted by molar-refractivity contribution is 6.64. The van der Waals surface area contributed by atoms with E-state index < -0.39 is 73.3 Å². The van der Waals surface area contributed by atoms with Crippen LogP contribution in [-0.4, -0.2) is 63.2 Å². The van der Waals surface area contributed by atoms with Crippen LogP contribution in [0.4, 0.5) is 0 Å². The van der Waals surface area contributed by atoms with Crippen molar-refractivity contribution >= 4 is 78.5 Å². The van der Waals surface area contributed by atoms with Crippen LogP contribution < -0.4 is 5.46 Å². The molecule has 0 aliphatic heterocycles. The third-order valence-electron chi connectivity index (χ3n) is 9.18. The average molecular weight is 686 g/mol. The lowest BCUT2D eigenvalue weighted by Gasteiger charge is -2.22. The molecule has 0 saturated heterocycles. The molecule has 1 radical (unpaired) electrons. The number of hydrogen-bond donors (Lipinski definition) is 9. The molecule has 0 amide bonds. The van der Waals surface area contributed by atoms with Crippen LogP contribution in [0.15, 0.2) is 66.9 Å². The molecule has 0 aliphatic rings. The Labute approximate surface area is 286 Å². The molecule has 2 heterocycles. The van der Waals surface area contributed by atoms with E-state index in [0.29, 0.717) is 11.3 Å². The van der Waals surface area contributed by atoms with Gasteiger partial charge in [0.05, 0.1) is 16.7 Å². The Balaban J connectivity index is 1.44. The molecule has 9 N–H and O–H groups in total. The number of aromatic nitrogens is 2. The lowest BCUT2D eigenvalue weighted by Crippen LogP contribution is -2.16. The highest BCUT2D eigenvalue weighted by Gasteiger charge is 2.32. The fraction of sp³-hybridized carbons (Fsp3) is 0.0270. The summed E-state index contributed by atoms with van der Waals surface area (Å²) < 4.78 is 0. The van der Waals surface area contributed by atoms with Gasteiger partial charge in [0, 0.05) is 60.0 Å². The Bertz CT molecular complexity index is 2810. The van der Waals surface area contributed by atoms with Gasteiger partial charge in [0.15, 0.2) is 30.3 Å². The summed E-state index contributed by atoms with van der Waals surface area (Å²) >= 11 is 6.98. The van der Waals surface area contributed by atoms with Crippen molar-refractivity contribution < 1.29 is 46.0 Å². The van der Waals surface area contributed by atoms with Crippen LogP contribution >= 0.6 is 11.6 Å². The lowest BCUT2D eigenvalue weighted by molar-refractivity contribution is 0.349. The molecule has 0 atom stereocenters. The molecule has 0 bridgehead atoms. The molecule has 0 spiro atoms. The van der Waals surface area contributed by atoms with Crippen molar-refractivity contribution in [3.63, 3.8) is 0 Å². The summed E-state index contributed by atoms with van der Waals surface area (Å²) in [6, 6.07) is 18.5. The predicted molar refractivity (Wildman–Crippen MR) is 192 cm³/mol. The summed E-state index contributed by atoms with van der Waals surface area (Å²) in [7, 11) is 1.52. The minimum atomic E-state index is -1.18. The van der Waals surface area contributed by atoms with Gasteiger partial charge in [-0.05, 0) is 23.1 Å². The van der Waals surface area contributed by atoms with Crippen molar-refractivity contribution in [2.45, 2.75) is 6.82 Å². The minimum Gasteiger partial charge on any atom is -0.507 e. The van der Waals surface area contributed by atoms with Gasteiger partial charge in [0.25, 0.3) is 0 Å². The number of aromatic hydroxyl groups is 9. The Morgan fingerprint density at radius 3 is 1.50 bits per heavy atom. The standard InChI is InChI=1S/C37H23BClN2O9/c1-38-25-19-20(22-24(33(46)37(50)35(48)31(22)44)23-21(19)30(43)34(47)36(49)32(23)45)29(42)18(26(25)39)14-6-4-13(5-7-14)17-11-10-16-9-8-15-3-2-12-40-27(15)28(16)41-17/h2-12,42-50H,1H3. The van der Waals surface area contributed by atoms with Crippen molar-refractivity contribution in [2.75, 3.05) is 0 Å². The van der Waals surface area contributed by atoms with Crippen molar-refractivity contribution in [2.24, 2.45) is 0 Å². The second-order valence-corrected chi connectivity index (χ2v) is 12.1. The van der Waals surface area contributed by atoms with Crippen molar-refractivity contribution in [1.29, 1.82) is 0 Å². The van der Waals surface area contributed by atoms with Crippen molar-refractivity contribution in [3.05, 3.63) is 71.9 Å². The largest absolute Gasteiger partial charge is 0.507 e. The molecule has 13 heteroatoms. The normalized spacial score (nSPS) is 11.7. The second kappa shape index (κ2) is 10.7. The first-order valence-corrected chi connectivity index (χ1v) is 15.5. The molecule has 0 aliphatic carbocycles. The molecule has 11 nitrogen and oxygen atoms in total. The van der Waals surface area contributed by atoms with Gasteiger partial charge >= 0.3 is 0 Å². The predicted octanol–water partition coefficient (Wildman–Crippen LogP) is 6.96. The topological polar surface area (TPSA) is 208 Å². The summed E-state index contributed by atoms with van der Waals surface area (Å²) in [5.74, 6) is -9.25. The second-order valence-electron chi connectivity index (χ2n) is 11.8. The zero-order valence-corrected chi connectivity index (χ0v) is 26.5. The van der Waals surface area contributed by atoms with Gasteiger partial charge in [0.1, 0.15) is 5.75 Å². The number of pyridine rings is 2. The van der Waals surface area contributed by atoms with E-state index in [1.807, 2.05) is 36.4 Å². The number of benzene rings is 6. The van der Waals surface area contributed by atoms with Crippen LogP contribution in [0.2, 0.25) is 11.8 Å². The minimum absolute atomic E-state index is 0.0366. The highest BCUT2D eigenvalue weighted by Crippen LogP contribution is 2.61. The van der Waals surface area contributed by atoms with E-state index in [-0.39, 0.29) is 26.8 Å². The van der Waals surface area contributed by atoms with Crippen LogP contribution in [0.3, 0.4) is 0 Å². The van der Waals surface area contributed by atoms with Gasteiger partial charge in [-0.15, -0.1) is 0 Å². The van der Waals surface area contributed by atoms with E-state index in [0.717, 1.165) is 27.4 Å². The zero-order valence-electron chi connectivity index (χ0n) is 25.7. The number of halogens is 1. The number of rotatable bonds is 3. The summed E-state index contributed by atoms with van der Waals surface area (Å²) in [6.45, 7) is 1.59. The maximum Gasteiger partial charge on any atom is 0.204 e. The number of hydrogen-bond acceptors (Lipinski definition) is 11. The van der Waals surface area contributed by atoms with E-state index in [2.05, 4.69) is 4.98 Å². The molecule has 8 rings (SSSR count). The van der Waals surface area contributed by atoms with E-state index in [9.17, 15) is 46.0 Å². The summed E-state index contributed by atoms with van der Waals surface area (Å²) in [6.07, 6.45) is 1.71. The summed E-state index contributed by atoms with van der Waals surface area (Å²) in [5, 5.41) is 97.8. The van der Waals surface area contributed by atoms with Crippen LogP contribution in [0, 0.1) is 0 Å². The molecule has 2 aromatic heterocycles. The maximum absolute atomic E-state index is 12.0. The summed E-state index contributed by atoms with van der Waals surface area (Å²) in [5.41, 5.74) is 3.48. The molecule has 50 heavy (non-hydrogen) atoms. The quantitative estimate of drug-likeness (QED) is 0.0402. The van der Waals surface area contributed by atoms with Gasteiger partial charge in [-0.25, -0.2) is 4.98 Å².